The van der Waals surface area contributed by atoms with Crippen molar-refractivity contribution in [2.75, 3.05) is 18.8 Å². The molecule has 0 aromatic carbocycles. The van der Waals surface area contributed by atoms with E-state index in [-0.39, 0.29) is 77.9 Å². The number of fused-ring (bicyclic) bond motifs is 5. The Morgan fingerprint density at radius 3 is 2.41 bits per heavy atom. The van der Waals surface area contributed by atoms with Crippen molar-refractivity contribution in [2.24, 2.45) is 46.3 Å². The van der Waals surface area contributed by atoms with Crippen LogP contribution in [0.4, 0.5) is 0 Å². The summed E-state index contributed by atoms with van der Waals surface area (Å²) in [4.78, 5) is 24.2. The third-order valence-corrected chi connectivity index (χ3v) is 12.2. The van der Waals surface area contributed by atoms with Crippen LogP contribution in [0, 0.1) is 46.3 Å². The monoisotopic (exact) mass is 571 g/mol. The van der Waals surface area contributed by atoms with Crippen molar-refractivity contribution in [1.82, 2.24) is 10.6 Å². The smallest absolute Gasteiger partial charge is 0.239 e. The second-order valence-corrected chi connectivity index (χ2v) is 15.0. The summed E-state index contributed by atoms with van der Waals surface area (Å²) in [5.74, 6) is -0.259. The maximum Gasteiger partial charge on any atom is 0.239 e. The molecule has 4 saturated carbocycles. The lowest BCUT2D eigenvalue weighted by Gasteiger charge is -2.63. The lowest BCUT2D eigenvalue weighted by molar-refractivity contribution is -0.207. The molecule has 0 radical (unpaired) electrons. The molecule has 4 aliphatic rings. The summed E-state index contributed by atoms with van der Waals surface area (Å²) < 4.78 is 31.9. The highest BCUT2D eigenvalue weighted by Crippen LogP contribution is 2.68. The Bertz CT molecular complexity index is 1020. The van der Waals surface area contributed by atoms with Crippen molar-refractivity contribution in [3.8, 4) is 0 Å². The Hall–Kier alpha value is -1.27. The molecule has 11 atom stereocenters. The number of hydrogen-bond acceptors (Lipinski definition) is 8. The first-order valence-corrected chi connectivity index (χ1v) is 16.3. The van der Waals surface area contributed by atoms with Crippen LogP contribution in [0.2, 0.25) is 0 Å². The molecule has 4 fully saturated rings. The number of nitrogens with one attached hydrogen (secondary N) is 2. The van der Waals surface area contributed by atoms with E-state index in [0.29, 0.717) is 12.8 Å². The van der Waals surface area contributed by atoms with Crippen molar-refractivity contribution >= 4 is 21.9 Å². The lowest BCUT2D eigenvalue weighted by atomic mass is 9.43. The number of hydrogen-bond donors (Lipinski definition) is 5. The van der Waals surface area contributed by atoms with Gasteiger partial charge in [0.05, 0.1) is 40.7 Å². The molecule has 0 aromatic rings. The second-order valence-electron chi connectivity index (χ2n) is 13.4. The first-order chi connectivity index (χ1) is 18.2. The summed E-state index contributed by atoms with van der Waals surface area (Å²) in [5.41, 5.74) is -0.306. The standard InChI is InChI=1S/C28H48N2O8S/c1-16(4-7-24(34)30-15-25(35)29-10-11-39(36,37)38)19-5-6-20-26-21(14-23(33)28(19,20)3)27(2)9-8-18(31)12-17(27)13-22(26)32/h16-23,26,31-33H,4-15H2,1-3H3,(H,29,35)(H,30,34)(H,36,37,38)/p-1. The molecule has 0 heterocycles. The van der Waals surface area contributed by atoms with Gasteiger partial charge in [-0.05, 0) is 97.7 Å². The van der Waals surface area contributed by atoms with Gasteiger partial charge in [0, 0.05) is 13.0 Å². The van der Waals surface area contributed by atoms with Gasteiger partial charge in [-0.2, -0.15) is 0 Å². The normalized spacial score (nSPS) is 42.5. The largest absolute Gasteiger partial charge is 0.748 e. The van der Waals surface area contributed by atoms with Crippen LogP contribution in [-0.4, -0.2) is 77.3 Å². The van der Waals surface area contributed by atoms with Crippen molar-refractivity contribution in [1.29, 1.82) is 0 Å². The zero-order chi connectivity index (χ0) is 28.8. The third-order valence-electron chi connectivity index (χ3n) is 11.5. The minimum absolute atomic E-state index is 0.0305. The van der Waals surface area contributed by atoms with E-state index in [2.05, 4.69) is 31.4 Å². The van der Waals surface area contributed by atoms with E-state index in [0.717, 1.165) is 38.5 Å². The fourth-order valence-electron chi connectivity index (χ4n) is 9.34. The molecule has 0 bridgehead atoms. The molecule has 4 rings (SSSR count). The first kappa shape index (κ1) is 30.7. The molecule has 4 aliphatic carbocycles. The van der Waals surface area contributed by atoms with E-state index in [4.69, 9.17) is 0 Å². The number of aliphatic hydroxyl groups is 3. The van der Waals surface area contributed by atoms with E-state index in [1.807, 2.05) is 0 Å². The molecule has 11 heteroatoms. The number of carbonyl (C=O) groups is 2. The van der Waals surface area contributed by atoms with Crippen LogP contribution in [0.5, 0.6) is 0 Å². The highest BCUT2D eigenvalue weighted by atomic mass is 32.2. The third kappa shape index (κ3) is 6.17. The van der Waals surface area contributed by atoms with Gasteiger partial charge in [-0.25, -0.2) is 8.42 Å². The highest BCUT2D eigenvalue weighted by molar-refractivity contribution is 7.85. The number of aliphatic hydroxyl groups excluding tert-OH is 3. The van der Waals surface area contributed by atoms with E-state index in [1.165, 1.54) is 0 Å². The summed E-state index contributed by atoms with van der Waals surface area (Å²) in [6, 6.07) is 0. The molecule has 0 saturated heterocycles. The van der Waals surface area contributed by atoms with Crippen LogP contribution in [-0.2, 0) is 19.7 Å². The van der Waals surface area contributed by atoms with Crippen LogP contribution in [0.25, 0.3) is 0 Å². The molecule has 2 amide bonds. The topological polar surface area (TPSA) is 176 Å². The van der Waals surface area contributed by atoms with E-state index in [9.17, 15) is 37.9 Å². The lowest BCUT2D eigenvalue weighted by Crippen LogP contribution is -2.62. The molecule has 0 spiro atoms. The summed E-state index contributed by atoms with van der Waals surface area (Å²) in [6.07, 6.45) is 5.39. The van der Waals surface area contributed by atoms with E-state index < -0.39 is 34.0 Å². The molecule has 5 N–H and O–H groups in total. The average Bonchev–Trinajstić information content (AvgIpc) is 3.20. The van der Waals surface area contributed by atoms with Gasteiger partial charge < -0.3 is 30.5 Å². The molecular formula is C28H47N2O8S-. The van der Waals surface area contributed by atoms with Gasteiger partial charge in [-0.15, -0.1) is 0 Å². The van der Waals surface area contributed by atoms with Crippen LogP contribution in [0.3, 0.4) is 0 Å². The SMILES string of the molecule is CC(CCC(=O)NCC(=O)NCCS(=O)(=O)[O-])C1CCC2C3C(O)CC4CC(O)CCC4(C)C3CC(O)C12C. The summed E-state index contributed by atoms with van der Waals surface area (Å²) in [5, 5.41) is 38.2. The molecule has 39 heavy (non-hydrogen) atoms. The average molecular weight is 572 g/mol. The summed E-state index contributed by atoms with van der Waals surface area (Å²) >= 11 is 0. The Labute approximate surface area is 232 Å². The second kappa shape index (κ2) is 11.5. The predicted octanol–water partition coefficient (Wildman–Crippen LogP) is 1.14. The zero-order valence-electron chi connectivity index (χ0n) is 23.5. The molecule has 224 valence electrons. The molecule has 11 unspecified atom stereocenters. The van der Waals surface area contributed by atoms with Gasteiger partial charge in [-0.1, -0.05) is 20.8 Å². The fourth-order valence-corrected chi connectivity index (χ4v) is 9.69. The Balaban J connectivity index is 1.33. The van der Waals surface area contributed by atoms with Gasteiger partial charge in [0.2, 0.25) is 11.8 Å². The van der Waals surface area contributed by atoms with Crippen LogP contribution < -0.4 is 10.6 Å². The van der Waals surface area contributed by atoms with Crippen molar-refractivity contribution in [3.63, 3.8) is 0 Å². The van der Waals surface area contributed by atoms with Crippen molar-refractivity contribution < 1.29 is 37.9 Å². The minimum atomic E-state index is -4.41. The highest BCUT2D eigenvalue weighted by Gasteiger charge is 2.65. The summed E-state index contributed by atoms with van der Waals surface area (Å²) in [7, 11) is -4.41. The molecular weight excluding hydrogens is 524 g/mol. The number of carbonyl (C=O) groups excluding carboxylic acids is 2. The fraction of sp³-hybridized carbons (Fsp3) is 0.929. The van der Waals surface area contributed by atoms with Crippen molar-refractivity contribution in [3.05, 3.63) is 0 Å². The Morgan fingerprint density at radius 2 is 1.72 bits per heavy atom. The van der Waals surface area contributed by atoms with Crippen LogP contribution in [0.15, 0.2) is 0 Å². The van der Waals surface area contributed by atoms with E-state index >= 15 is 0 Å². The molecule has 10 nitrogen and oxygen atoms in total. The Morgan fingerprint density at radius 1 is 1.00 bits per heavy atom. The van der Waals surface area contributed by atoms with Gasteiger partial charge >= 0.3 is 0 Å². The van der Waals surface area contributed by atoms with E-state index in [1.54, 1.807) is 0 Å². The number of amides is 2. The van der Waals surface area contributed by atoms with Gasteiger partial charge in [-0.3, -0.25) is 9.59 Å². The van der Waals surface area contributed by atoms with Crippen molar-refractivity contribution in [2.45, 2.75) is 96.9 Å². The minimum Gasteiger partial charge on any atom is -0.748 e. The first-order valence-electron chi connectivity index (χ1n) is 14.7. The number of rotatable bonds is 9. The van der Waals surface area contributed by atoms with Crippen LogP contribution in [0.1, 0.15) is 78.6 Å². The maximum atomic E-state index is 12.4. The van der Waals surface area contributed by atoms with Crippen LogP contribution >= 0.6 is 0 Å². The quantitative estimate of drug-likeness (QED) is 0.256. The zero-order valence-corrected chi connectivity index (χ0v) is 24.3. The molecule has 0 aromatic heterocycles. The van der Waals surface area contributed by atoms with Gasteiger partial charge in [0.1, 0.15) is 0 Å². The molecule has 0 aliphatic heterocycles. The predicted molar refractivity (Wildman–Crippen MR) is 143 cm³/mol. The summed E-state index contributed by atoms with van der Waals surface area (Å²) in [6.45, 7) is 6.05. The van der Waals surface area contributed by atoms with Gasteiger partial charge in [0.15, 0.2) is 0 Å². The maximum absolute atomic E-state index is 12.4. The Kier molecular flexibility index (Phi) is 9.08. The van der Waals surface area contributed by atoms with Gasteiger partial charge in [0.25, 0.3) is 0 Å².